The van der Waals surface area contributed by atoms with Gasteiger partial charge in [0.05, 0.1) is 26.4 Å². The first-order valence-corrected chi connectivity index (χ1v) is 39.4. The third kappa shape index (κ3) is 72.0. The number of unbranched alkanes of at least 4 members (excludes halogenated alkanes) is 16. The molecule has 5 unspecified atom stereocenters. The van der Waals surface area contributed by atoms with Crippen molar-refractivity contribution in [3.05, 3.63) is 170 Å². The maximum Gasteiger partial charge on any atom is 0.472 e. The predicted molar refractivity (Wildman–Crippen MR) is 398 cm³/mol. The first-order chi connectivity index (χ1) is 47.2. The summed E-state index contributed by atoms with van der Waals surface area (Å²) in [5, 5.41) is 20.6. The fourth-order valence-corrected chi connectivity index (χ4v) is 10.6. The molecule has 0 amide bonds. The van der Waals surface area contributed by atoms with E-state index < -0.39 is 91.5 Å². The van der Waals surface area contributed by atoms with E-state index in [-0.39, 0.29) is 19.3 Å². The van der Waals surface area contributed by atoms with Crippen molar-refractivity contribution in [2.75, 3.05) is 39.6 Å². The van der Waals surface area contributed by atoms with Crippen molar-refractivity contribution in [3.8, 4) is 0 Å². The van der Waals surface area contributed by atoms with Crippen LogP contribution in [-0.4, -0.2) is 95.9 Å². The van der Waals surface area contributed by atoms with E-state index in [0.29, 0.717) is 19.3 Å². The molecule has 0 bridgehead atoms. The molecule has 0 fully saturated rings. The van der Waals surface area contributed by atoms with Gasteiger partial charge in [-0.1, -0.05) is 255 Å². The van der Waals surface area contributed by atoms with Gasteiger partial charge in [0, 0.05) is 19.3 Å². The Bertz CT molecular complexity index is 2440. The molecule has 0 aliphatic heterocycles. The molecule has 0 heterocycles. The van der Waals surface area contributed by atoms with Crippen molar-refractivity contribution in [1.82, 2.24) is 0 Å². The fourth-order valence-electron chi connectivity index (χ4n) is 8.97. The standard InChI is InChI=1S/C79H128O16P2/c1-4-7-10-13-16-19-22-25-28-31-34-35-36-37-40-42-44-47-50-53-56-59-62-65-77(82)89-68-74(80)69-91-96(85,86)92-70-75(81)71-93-97(87,88)94-73-76(95-79(84)67-64-61-58-55-52-49-46-43-39-33-30-27-24-21-18-15-12-9-6-3)72-90-78(83)66-63-60-57-54-51-48-45-41-38-32-29-26-23-20-17-14-11-8-5-2/h7-12,16-21,25-30,34-35,37-41,43,48,51,74-76,80-81H,4-6,13-15,22-24,31-33,36,42,44-47,49-50,52-73H2,1-3H3,(H,85,86)(H,87,88)/b10-7-,11-8-,12-9-,19-16-,20-17-,21-18-,28-25-,29-26-,30-27-,35-34-,40-37-,41-38-,43-39-,51-48-. The molecule has 0 aliphatic carbocycles. The van der Waals surface area contributed by atoms with Crippen molar-refractivity contribution in [2.45, 2.75) is 270 Å². The lowest BCUT2D eigenvalue weighted by Gasteiger charge is -2.21. The van der Waals surface area contributed by atoms with Crippen molar-refractivity contribution < 1.29 is 75.8 Å². The number of ether oxygens (including phenoxy) is 3. The van der Waals surface area contributed by atoms with Gasteiger partial charge in [0.1, 0.15) is 25.4 Å². The minimum Gasteiger partial charge on any atom is -0.463 e. The summed E-state index contributed by atoms with van der Waals surface area (Å²) in [5.74, 6) is -1.65. The van der Waals surface area contributed by atoms with E-state index in [1.54, 1.807) is 0 Å². The number of hydrogen-bond acceptors (Lipinski definition) is 14. The number of aliphatic hydroxyl groups is 2. The summed E-state index contributed by atoms with van der Waals surface area (Å²) in [6.45, 7) is 2.24. The Labute approximate surface area is 586 Å². The predicted octanol–water partition coefficient (Wildman–Crippen LogP) is 20.9. The van der Waals surface area contributed by atoms with Crippen LogP contribution in [0.5, 0.6) is 0 Å². The molecule has 97 heavy (non-hydrogen) atoms. The van der Waals surface area contributed by atoms with Gasteiger partial charge in [-0.05, 0) is 148 Å². The Morgan fingerprint density at radius 2 is 0.515 bits per heavy atom. The van der Waals surface area contributed by atoms with Gasteiger partial charge in [0.25, 0.3) is 0 Å². The molecular weight excluding hydrogens is 1270 g/mol. The average Bonchev–Trinajstić information content (AvgIpc) is 1.81. The number of phosphoric ester groups is 2. The van der Waals surface area contributed by atoms with Gasteiger partial charge in [-0.2, -0.15) is 0 Å². The van der Waals surface area contributed by atoms with Crippen LogP contribution in [0.3, 0.4) is 0 Å². The molecule has 5 atom stereocenters. The first-order valence-electron chi connectivity index (χ1n) is 36.4. The van der Waals surface area contributed by atoms with Crippen LogP contribution in [0.1, 0.15) is 252 Å². The molecule has 0 spiro atoms. The molecule has 550 valence electrons. The minimum absolute atomic E-state index is 0.0736. The second-order valence-corrected chi connectivity index (χ2v) is 26.5. The lowest BCUT2D eigenvalue weighted by molar-refractivity contribution is -0.161. The van der Waals surface area contributed by atoms with Crippen molar-refractivity contribution in [1.29, 1.82) is 0 Å². The molecule has 4 N–H and O–H groups in total. The van der Waals surface area contributed by atoms with Gasteiger partial charge < -0.3 is 34.2 Å². The highest BCUT2D eigenvalue weighted by molar-refractivity contribution is 7.47. The van der Waals surface area contributed by atoms with Crippen LogP contribution in [-0.2, 0) is 55.8 Å². The maximum atomic E-state index is 13.0. The lowest BCUT2D eigenvalue weighted by Crippen LogP contribution is -2.30. The molecule has 18 heteroatoms. The largest absolute Gasteiger partial charge is 0.472 e. The molecule has 0 radical (unpaired) electrons. The van der Waals surface area contributed by atoms with Gasteiger partial charge in [-0.15, -0.1) is 0 Å². The summed E-state index contributed by atoms with van der Waals surface area (Å²) < 4.78 is 61.0. The number of carbonyl (C=O) groups is 3. The second kappa shape index (κ2) is 70.8. The average molecular weight is 1400 g/mol. The van der Waals surface area contributed by atoms with Crippen molar-refractivity contribution >= 4 is 33.6 Å². The van der Waals surface area contributed by atoms with Gasteiger partial charge in [0.15, 0.2) is 6.10 Å². The number of carbonyl (C=O) groups excluding carboxylic acids is 3. The van der Waals surface area contributed by atoms with Crippen LogP contribution >= 0.6 is 15.6 Å². The molecule has 0 rings (SSSR count). The van der Waals surface area contributed by atoms with Crippen LogP contribution in [0, 0.1) is 0 Å². The van der Waals surface area contributed by atoms with E-state index in [0.717, 1.165) is 193 Å². The molecule has 0 saturated heterocycles. The van der Waals surface area contributed by atoms with Crippen LogP contribution in [0.4, 0.5) is 0 Å². The maximum absolute atomic E-state index is 13.0. The van der Waals surface area contributed by atoms with E-state index in [1.165, 1.54) is 0 Å². The number of esters is 3. The SMILES string of the molecule is CC/C=C\C/C=C\C/C=C\C/C=C\C/C=C\CCCCCCCCCC(=O)OCC(O)COP(=O)(O)OCC(O)COP(=O)(O)OCC(COC(=O)CCCCC/C=C\C/C=C\C/C=C\C/C=C\C/C=C\CC)OC(=O)CCCCCCCC/C=C\C/C=C\C/C=C\C/C=C\CC. The highest BCUT2D eigenvalue weighted by atomic mass is 31.2. The molecule has 0 aliphatic rings. The van der Waals surface area contributed by atoms with Crippen LogP contribution in [0.25, 0.3) is 0 Å². The Morgan fingerprint density at radius 3 is 0.825 bits per heavy atom. The van der Waals surface area contributed by atoms with Gasteiger partial charge >= 0.3 is 33.6 Å². The van der Waals surface area contributed by atoms with Gasteiger partial charge in [0.2, 0.25) is 0 Å². The lowest BCUT2D eigenvalue weighted by atomic mass is 10.1. The quantitative estimate of drug-likeness (QED) is 0.0146. The smallest absolute Gasteiger partial charge is 0.463 e. The first kappa shape index (κ1) is 91.9. The highest BCUT2D eigenvalue weighted by Crippen LogP contribution is 2.45. The number of rotatable bonds is 67. The Kier molecular flexibility index (Phi) is 67.0. The van der Waals surface area contributed by atoms with Gasteiger partial charge in [-0.25, -0.2) is 9.13 Å². The fraction of sp³-hybridized carbons (Fsp3) is 0.608. The second-order valence-electron chi connectivity index (χ2n) is 23.6. The highest BCUT2D eigenvalue weighted by Gasteiger charge is 2.29. The zero-order valence-corrected chi connectivity index (χ0v) is 61.5. The summed E-state index contributed by atoms with van der Waals surface area (Å²) in [6, 6.07) is 0. The van der Waals surface area contributed by atoms with E-state index in [2.05, 4.69) is 191 Å². The zero-order valence-electron chi connectivity index (χ0n) is 59.7. The van der Waals surface area contributed by atoms with Gasteiger partial charge in [-0.3, -0.25) is 32.5 Å². The Hall–Kier alpha value is -5.09. The number of allylic oxidation sites excluding steroid dienone is 28. The van der Waals surface area contributed by atoms with Crippen LogP contribution in [0.2, 0.25) is 0 Å². The zero-order chi connectivity index (χ0) is 70.9. The van der Waals surface area contributed by atoms with E-state index in [4.69, 9.17) is 32.3 Å². The summed E-state index contributed by atoms with van der Waals surface area (Å²) in [6.07, 6.45) is 88.2. The molecule has 0 saturated carbocycles. The number of hydrogen-bond donors (Lipinski definition) is 4. The summed E-state index contributed by atoms with van der Waals surface area (Å²) in [5.41, 5.74) is 0. The summed E-state index contributed by atoms with van der Waals surface area (Å²) >= 11 is 0. The monoisotopic (exact) mass is 1390 g/mol. The van der Waals surface area contributed by atoms with Crippen molar-refractivity contribution in [2.24, 2.45) is 0 Å². The Balaban J connectivity index is 4.75. The van der Waals surface area contributed by atoms with E-state index in [9.17, 15) is 43.5 Å². The van der Waals surface area contributed by atoms with Crippen LogP contribution in [0.15, 0.2) is 170 Å². The molecule has 0 aromatic heterocycles. The molecule has 0 aromatic rings. The number of phosphoric acid groups is 2. The third-order valence-electron chi connectivity index (χ3n) is 14.4. The Morgan fingerprint density at radius 1 is 0.289 bits per heavy atom. The van der Waals surface area contributed by atoms with E-state index in [1.807, 2.05) is 0 Å². The molecule has 0 aromatic carbocycles. The number of aliphatic hydroxyl groups excluding tert-OH is 2. The normalized spacial score (nSPS) is 15.1. The summed E-state index contributed by atoms with van der Waals surface area (Å²) in [7, 11) is -9.82. The van der Waals surface area contributed by atoms with E-state index >= 15 is 0 Å². The summed E-state index contributed by atoms with van der Waals surface area (Å²) in [4.78, 5) is 58.6. The van der Waals surface area contributed by atoms with Crippen LogP contribution < -0.4 is 0 Å². The third-order valence-corrected chi connectivity index (χ3v) is 16.3. The minimum atomic E-state index is -4.95. The topological polar surface area (TPSA) is 231 Å². The van der Waals surface area contributed by atoms with Crippen molar-refractivity contribution in [3.63, 3.8) is 0 Å². The molecule has 16 nitrogen and oxygen atoms in total. The molecular formula is C79H128O16P2.